The van der Waals surface area contributed by atoms with Gasteiger partial charge in [-0.25, -0.2) is 4.79 Å². The number of aromatic nitrogens is 1. The number of amides is 1. The minimum Gasteiger partial charge on any atom is -0.477 e. The number of carbonyl (C=O) groups is 2. The minimum absolute atomic E-state index is 0.0225. The van der Waals surface area contributed by atoms with Crippen LogP contribution in [0.2, 0.25) is 5.02 Å². The number of aryl methyl sites for hydroxylation is 1. The molecule has 0 saturated heterocycles. The van der Waals surface area contributed by atoms with Gasteiger partial charge in [0, 0.05) is 33.7 Å². The van der Waals surface area contributed by atoms with E-state index in [-0.39, 0.29) is 18.0 Å². The lowest BCUT2D eigenvalue weighted by atomic mass is 10.1. The van der Waals surface area contributed by atoms with Crippen molar-refractivity contribution in [2.45, 2.75) is 26.7 Å². The molecule has 3 aromatic rings. The van der Waals surface area contributed by atoms with Gasteiger partial charge in [-0.05, 0) is 49.2 Å². The van der Waals surface area contributed by atoms with Crippen LogP contribution < -0.4 is 4.90 Å². The molecule has 6 heteroatoms. The maximum Gasteiger partial charge on any atom is 0.352 e. The fourth-order valence-corrected chi connectivity index (χ4v) is 3.42. The molecule has 3 rings (SSSR count). The number of nitrogens with zero attached hydrogens (tertiary/aromatic N) is 1. The largest absolute Gasteiger partial charge is 0.477 e. The molecular formula is C21H21ClN2O3. The summed E-state index contributed by atoms with van der Waals surface area (Å²) in [6.45, 7) is 4.47. The molecule has 0 bridgehead atoms. The molecule has 2 aromatic carbocycles. The standard InChI is InChI=1S/C21H21ClN2O3/c1-3-13-5-8-15(9-6-13)24(4-2)19(25)12-17-16-11-14(22)7-10-18(16)23-20(17)21(26)27/h5-11,23H,3-4,12H2,1-2H3,(H,26,27). The Morgan fingerprint density at radius 2 is 1.81 bits per heavy atom. The fourth-order valence-electron chi connectivity index (χ4n) is 3.25. The first-order valence-corrected chi connectivity index (χ1v) is 9.25. The Kier molecular flexibility index (Phi) is 5.51. The first kappa shape index (κ1) is 19.0. The quantitative estimate of drug-likeness (QED) is 0.648. The number of halogens is 1. The van der Waals surface area contributed by atoms with Gasteiger partial charge < -0.3 is 15.0 Å². The number of anilines is 1. The molecule has 1 heterocycles. The molecule has 0 spiro atoms. The van der Waals surface area contributed by atoms with E-state index in [2.05, 4.69) is 11.9 Å². The van der Waals surface area contributed by atoms with Crippen LogP contribution in [0.1, 0.15) is 35.5 Å². The Morgan fingerprint density at radius 3 is 2.41 bits per heavy atom. The highest BCUT2D eigenvalue weighted by molar-refractivity contribution is 6.31. The van der Waals surface area contributed by atoms with Gasteiger partial charge in [-0.15, -0.1) is 0 Å². The predicted molar refractivity (Wildman–Crippen MR) is 108 cm³/mol. The third-order valence-corrected chi connectivity index (χ3v) is 4.92. The zero-order valence-corrected chi connectivity index (χ0v) is 16.0. The molecule has 1 aromatic heterocycles. The highest BCUT2D eigenvalue weighted by Gasteiger charge is 2.22. The maximum atomic E-state index is 13.0. The number of aromatic amines is 1. The number of H-pyrrole nitrogens is 1. The highest BCUT2D eigenvalue weighted by atomic mass is 35.5. The summed E-state index contributed by atoms with van der Waals surface area (Å²) in [5.41, 5.74) is 3.12. The second-order valence-corrected chi connectivity index (χ2v) is 6.74. The summed E-state index contributed by atoms with van der Waals surface area (Å²) in [6.07, 6.45) is 0.907. The van der Waals surface area contributed by atoms with Crippen molar-refractivity contribution in [2.24, 2.45) is 0 Å². The normalized spacial score (nSPS) is 10.9. The molecule has 0 unspecified atom stereocenters. The second-order valence-electron chi connectivity index (χ2n) is 6.31. The van der Waals surface area contributed by atoms with Gasteiger partial charge in [0.2, 0.25) is 5.91 Å². The lowest BCUT2D eigenvalue weighted by Crippen LogP contribution is -2.32. The zero-order valence-electron chi connectivity index (χ0n) is 15.3. The topological polar surface area (TPSA) is 73.4 Å². The van der Waals surface area contributed by atoms with Crippen LogP contribution in [0.15, 0.2) is 42.5 Å². The number of likely N-dealkylation sites (N-methyl/N-ethyl adjacent to an activating group) is 1. The molecule has 0 aliphatic heterocycles. The summed E-state index contributed by atoms with van der Waals surface area (Å²) >= 11 is 6.07. The van der Waals surface area contributed by atoms with E-state index in [1.807, 2.05) is 31.2 Å². The number of carboxylic acids is 1. The summed E-state index contributed by atoms with van der Waals surface area (Å²) < 4.78 is 0. The van der Waals surface area contributed by atoms with Gasteiger partial charge in [-0.2, -0.15) is 0 Å². The van der Waals surface area contributed by atoms with Gasteiger partial charge in [0.05, 0.1) is 6.42 Å². The number of rotatable bonds is 6. The number of carboxylic acid groups (broad SMARTS) is 1. The second kappa shape index (κ2) is 7.84. The average molecular weight is 385 g/mol. The third-order valence-electron chi connectivity index (χ3n) is 4.68. The average Bonchev–Trinajstić information content (AvgIpc) is 3.01. The monoisotopic (exact) mass is 384 g/mol. The van der Waals surface area contributed by atoms with Gasteiger partial charge in [0.25, 0.3) is 0 Å². The van der Waals surface area contributed by atoms with Crippen LogP contribution in [0.4, 0.5) is 5.69 Å². The number of fused-ring (bicyclic) bond motifs is 1. The number of hydrogen-bond acceptors (Lipinski definition) is 2. The number of aromatic carboxylic acids is 1. The Hall–Kier alpha value is -2.79. The van der Waals surface area contributed by atoms with E-state index < -0.39 is 5.97 Å². The number of carbonyl (C=O) groups excluding carboxylic acids is 1. The van der Waals surface area contributed by atoms with Crippen LogP contribution in [-0.2, 0) is 17.6 Å². The van der Waals surface area contributed by atoms with E-state index in [9.17, 15) is 14.7 Å². The molecule has 2 N–H and O–H groups in total. The summed E-state index contributed by atoms with van der Waals surface area (Å²) in [7, 11) is 0. The first-order chi connectivity index (χ1) is 12.9. The summed E-state index contributed by atoms with van der Waals surface area (Å²) in [6, 6.07) is 12.9. The Morgan fingerprint density at radius 1 is 1.11 bits per heavy atom. The van der Waals surface area contributed by atoms with E-state index in [0.717, 1.165) is 12.1 Å². The van der Waals surface area contributed by atoms with Crippen LogP contribution in [0, 0.1) is 0 Å². The van der Waals surface area contributed by atoms with E-state index in [1.165, 1.54) is 5.56 Å². The molecule has 5 nitrogen and oxygen atoms in total. The highest BCUT2D eigenvalue weighted by Crippen LogP contribution is 2.27. The smallest absolute Gasteiger partial charge is 0.352 e. The minimum atomic E-state index is -1.10. The van der Waals surface area contributed by atoms with Crippen molar-refractivity contribution < 1.29 is 14.7 Å². The molecule has 140 valence electrons. The SMILES string of the molecule is CCc1ccc(N(CC)C(=O)Cc2c(C(=O)O)[nH]c3ccc(Cl)cc23)cc1. The van der Waals surface area contributed by atoms with Gasteiger partial charge in [0.1, 0.15) is 5.69 Å². The van der Waals surface area contributed by atoms with Crippen LogP contribution >= 0.6 is 11.6 Å². The molecule has 0 saturated carbocycles. The van der Waals surface area contributed by atoms with Crippen molar-refractivity contribution in [3.05, 3.63) is 64.3 Å². The van der Waals surface area contributed by atoms with Crippen molar-refractivity contribution in [1.82, 2.24) is 4.98 Å². The zero-order chi connectivity index (χ0) is 19.6. The predicted octanol–water partition coefficient (Wildman–Crippen LogP) is 4.68. The lowest BCUT2D eigenvalue weighted by Gasteiger charge is -2.21. The van der Waals surface area contributed by atoms with Crippen LogP contribution in [0.5, 0.6) is 0 Å². The molecule has 0 atom stereocenters. The molecular weight excluding hydrogens is 364 g/mol. The fraction of sp³-hybridized carbons (Fsp3) is 0.238. The number of nitrogens with one attached hydrogen (secondary N) is 1. The Labute approximate surface area is 162 Å². The third kappa shape index (κ3) is 3.83. The van der Waals surface area contributed by atoms with Gasteiger partial charge >= 0.3 is 5.97 Å². The van der Waals surface area contributed by atoms with Crippen molar-refractivity contribution >= 4 is 40.1 Å². The summed E-state index contributed by atoms with van der Waals surface area (Å²) in [4.78, 5) is 29.2. The van der Waals surface area contributed by atoms with Crippen molar-refractivity contribution in [3.8, 4) is 0 Å². The molecule has 1 amide bonds. The van der Waals surface area contributed by atoms with E-state index in [4.69, 9.17) is 11.6 Å². The van der Waals surface area contributed by atoms with Crippen molar-refractivity contribution in [2.75, 3.05) is 11.4 Å². The Bertz CT molecular complexity index is 993. The maximum absolute atomic E-state index is 13.0. The van der Waals surface area contributed by atoms with E-state index in [0.29, 0.717) is 28.0 Å². The van der Waals surface area contributed by atoms with Crippen molar-refractivity contribution in [3.63, 3.8) is 0 Å². The van der Waals surface area contributed by atoms with E-state index in [1.54, 1.807) is 23.1 Å². The van der Waals surface area contributed by atoms with Gasteiger partial charge in [-0.3, -0.25) is 4.79 Å². The first-order valence-electron chi connectivity index (χ1n) is 8.87. The van der Waals surface area contributed by atoms with Gasteiger partial charge in [-0.1, -0.05) is 30.7 Å². The lowest BCUT2D eigenvalue weighted by molar-refractivity contribution is -0.117. The summed E-state index contributed by atoms with van der Waals surface area (Å²) in [5.74, 6) is -1.26. The van der Waals surface area contributed by atoms with E-state index >= 15 is 0 Å². The van der Waals surface area contributed by atoms with Crippen LogP contribution in [0.25, 0.3) is 10.9 Å². The summed E-state index contributed by atoms with van der Waals surface area (Å²) in [5, 5.41) is 10.7. The molecule has 0 aliphatic carbocycles. The van der Waals surface area contributed by atoms with Crippen molar-refractivity contribution in [1.29, 1.82) is 0 Å². The van der Waals surface area contributed by atoms with Gasteiger partial charge in [0.15, 0.2) is 0 Å². The Balaban J connectivity index is 1.97. The molecule has 0 aliphatic rings. The number of benzene rings is 2. The molecule has 0 radical (unpaired) electrons. The van der Waals surface area contributed by atoms with Crippen LogP contribution in [-0.4, -0.2) is 28.5 Å². The number of hydrogen-bond donors (Lipinski definition) is 2. The molecule has 0 fully saturated rings. The van der Waals surface area contributed by atoms with Crippen LogP contribution in [0.3, 0.4) is 0 Å². The molecule has 27 heavy (non-hydrogen) atoms.